The molecule has 0 aliphatic carbocycles. The van der Waals surface area contributed by atoms with E-state index in [-0.39, 0.29) is 0 Å². The molecule has 186 valence electrons. The van der Waals surface area contributed by atoms with Gasteiger partial charge in [0, 0.05) is 53.6 Å². The monoisotopic (exact) mass is 493 g/mol. The summed E-state index contributed by atoms with van der Waals surface area (Å²) in [5.74, 6) is 3.46. The van der Waals surface area contributed by atoms with Crippen LogP contribution in [0.2, 0.25) is 0 Å². The van der Waals surface area contributed by atoms with Crippen LogP contribution in [0, 0.1) is 6.92 Å². The summed E-state index contributed by atoms with van der Waals surface area (Å²) >= 11 is 0. The number of hydrogen-bond donors (Lipinski definition) is 3. The van der Waals surface area contributed by atoms with Crippen molar-refractivity contribution in [1.29, 1.82) is 0 Å². The fraction of sp³-hybridized carbons (Fsp3) is 0.143. The number of aromatic nitrogens is 4. The zero-order valence-corrected chi connectivity index (χ0v) is 21.0. The second kappa shape index (κ2) is 10.4. The van der Waals surface area contributed by atoms with Gasteiger partial charge in [-0.05, 0) is 42.8 Å². The van der Waals surface area contributed by atoms with Gasteiger partial charge < -0.3 is 25.4 Å². The quantitative estimate of drug-likeness (QED) is 0.242. The molecule has 37 heavy (non-hydrogen) atoms. The zero-order valence-electron chi connectivity index (χ0n) is 21.0. The van der Waals surface area contributed by atoms with Crippen LogP contribution in [-0.4, -0.2) is 41.2 Å². The van der Waals surface area contributed by atoms with Crippen molar-refractivity contribution < 1.29 is 9.47 Å². The van der Waals surface area contributed by atoms with Gasteiger partial charge in [0.1, 0.15) is 23.8 Å². The van der Waals surface area contributed by atoms with E-state index in [4.69, 9.17) is 9.47 Å². The maximum atomic E-state index is 5.45. The molecule has 3 N–H and O–H groups in total. The molecule has 0 atom stereocenters. The number of ether oxygens (including phenoxy) is 2. The first-order valence-electron chi connectivity index (χ1n) is 11.7. The third kappa shape index (κ3) is 4.79. The first kappa shape index (κ1) is 23.8. The van der Waals surface area contributed by atoms with Crippen molar-refractivity contribution in [1.82, 2.24) is 19.9 Å². The Morgan fingerprint density at radius 2 is 1.57 bits per heavy atom. The smallest absolute Gasteiger partial charge is 0.162 e. The van der Waals surface area contributed by atoms with Crippen molar-refractivity contribution in [2.24, 2.45) is 0 Å². The average Bonchev–Trinajstić information content (AvgIpc) is 2.95. The number of nitrogens with one attached hydrogen (secondary N) is 3. The Labute approximate surface area is 214 Å². The molecule has 3 aromatic heterocycles. The Hall–Kier alpha value is -4.92. The maximum Gasteiger partial charge on any atom is 0.162 e. The normalized spacial score (nSPS) is 10.7. The molecule has 0 saturated carbocycles. The summed E-state index contributed by atoms with van der Waals surface area (Å²) in [6, 6.07) is 17.6. The molecule has 5 aromatic rings. The first-order chi connectivity index (χ1) is 18.1. The van der Waals surface area contributed by atoms with Gasteiger partial charge in [0.15, 0.2) is 11.5 Å². The van der Waals surface area contributed by atoms with Gasteiger partial charge in [-0.3, -0.25) is 0 Å². The van der Waals surface area contributed by atoms with E-state index in [1.165, 1.54) is 0 Å². The standard InChI is InChI=1S/C28H27N7O2/c1-17-7-9-20-19(11-13-31-27(20)34-18-8-10-23(36-3)24(14-18)37-4)26(17)35-28-21(6-5-12-30-28)22-15-25(29-2)33-16-32-22/h5-16H,1-4H3,(H,30,35)(H,31,34)(H,29,32,33). The molecular formula is C28H27N7O2. The predicted molar refractivity (Wildman–Crippen MR) is 147 cm³/mol. The summed E-state index contributed by atoms with van der Waals surface area (Å²) in [5, 5.41) is 12.0. The van der Waals surface area contributed by atoms with Gasteiger partial charge in [0.05, 0.1) is 25.6 Å². The molecule has 0 bridgehead atoms. The molecule has 0 aliphatic heterocycles. The first-order valence-corrected chi connectivity index (χ1v) is 11.7. The van der Waals surface area contributed by atoms with Crippen molar-refractivity contribution in [3.05, 3.63) is 78.9 Å². The Morgan fingerprint density at radius 1 is 0.730 bits per heavy atom. The molecule has 3 heterocycles. The lowest BCUT2D eigenvalue weighted by Crippen LogP contribution is -2.02. The molecular weight excluding hydrogens is 466 g/mol. The lowest BCUT2D eigenvalue weighted by molar-refractivity contribution is 0.355. The average molecular weight is 494 g/mol. The Balaban J connectivity index is 1.54. The molecule has 0 aliphatic rings. The molecule has 2 aromatic carbocycles. The summed E-state index contributed by atoms with van der Waals surface area (Å²) in [6.45, 7) is 2.07. The summed E-state index contributed by atoms with van der Waals surface area (Å²) < 4.78 is 10.8. The van der Waals surface area contributed by atoms with Crippen LogP contribution in [0.4, 0.5) is 28.8 Å². The number of benzene rings is 2. The minimum absolute atomic E-state index is 0.639. The van der Waals surface area contributed by atoms with Gasteiger partial charge in [-0.15, -0.1) is 0 Å². The molecule has 0 unspecified atom stereocenters. The van der Waals surface area contributed by atoms with Crippen LogP contribution in [0.5, 0.6) is 11.5 Å². The molecule has 9 heteroatoms. The summed E-state index contributed by atoms with van der Waals surface area (Å²) in [6.07, 6.45) is 5.09. The van der Waals surface area contributed by atoms with Gasteiger partial charge in [-0.25, -0.2) is 19.9 Å². The zero-order chi connectivity index (χ0) is 25.8. The number of methoxy groups -OCH3 is 2. The van der Waals surface area contributed by atoms with Crippen LogP contribution in [0.1, 0.15) is 5.56 Å². The lowest BCUT2D eigenvalue weighted by Gasteiger charge is -2.17. The lowest BCUT2D eigenvalue weighted by atomic mass is 10.0. The van der Waals surface area contributed by atoms with Crippen LogP contribution in [-0.2, 0) is 0 Å². The van der Waals surface area contributed by atoms with E-state index in [2.05, 4.69) is 54.9 Å². The fourth-order valence-electron chi connectivity index (χ4n) is 4.15. The summed E-state index contributed by atoms with van der Waals surface area (Å²) in [4.78, 5) is 17.9. The second-order valence-electron chi connectivity index (χ2n) is 8.27. The summed E-state index contributed by atoms with van der Waals surface area (Å²) in [7, 11) is 5.06. The molecule has 0 amide bonds. The van der Waals surface area contributed by atoms with E-state index in [0.29, 0.717) is 17.3 Å². The Kier molecular flexibility index (Phi) is 6.67. The number of fused-ring (bicyclic) bond motifs is 1. The van der Waals surface area contributed by atoms with Crippen molar-refractivity contribution in [3.63, 3.8) is 0 Å². The summed E-state index contributed by atoms with van der Waals surface area (Å²) in [5.41, 5.74) is 4.49. The largest absolute Gasteiger partial charge is 0.493 e. The highest BCUT2D eigenvalue weighted by Crippen LogP contribution is 2.37. The van der Waals surface area contributed by atoms with Crippen molar-refractivity contribution in [3.8, 4) is 22.8 Å². The van der Waals surface area contributed by atoms with Crippen LogP contribution in [0.3, 0.4) is 0 Å². The molecule has 0 spiro atoms. The number of rotatable bonds is 8. The number of anilines is 5. The van der Waals surface area contributed by atoms with Gasteiger partial charge >= 0.3 is 0 Å². The topological polar surface area (TPSA) is 106 Å². The van der Waals surface area contributed by atoms with E-state index < -0.39 is 0 Å². The predicted octanol–water partition coefficient (Wildman–Crippen LogP) is 5.94. The number of aryl methyl sites for hydroxylation is 1. The third-order valence-electron chi connectivity index (χ3n) is 6.05. The van der Waals surface area contributed by atoms with Gasteiger partial charge in [-0.2, -0.15) is 0 Å². The van der Waals surface area contributed by atoms with Crippen LogP contribution < -0.4 is 25.4 Å². The highest BCUT2D eigenvalue weighted by atomic mass is 16.5. The Bertz CT molecular complexity index is 1570. The van der Waals surface area contributed by atoms with Crippen molar-refractivity contribution >= 4 is 39.6 Å². The van der Waals surface area contributed by atoms with E-state index in [0.717, 1.165) is 50.6 Å². The minimum atomic E-state index is 0.639. The SMILES string of the molecule is CNc1cc(-c2cccnc2Nc2c(C)ccc3c(Nc4ccc(OC)c(OC)c4)nccc23)ncn1. The maximum absolute atomic E-state index is 5.45. The van der Waals surface area contributed by atoms with Crippen molar-refractivity contribution in [2.75, 3.05) is 37.2 Å². The molecule has 0 saturated heterocycles. The second-order valence-corrected chi connectivity index (χ2v) is 8.27. The number of pyridine rings is 2. The number of hydrogen-bond acceptors (Lipinski definition) is 9. The highest BCUT2D eigenvalue weighted by Gasteiger charge is 2.14. The highest BCUT2D eigenvalue weighted by molar-refractivity contribution is 6.03. The van der Waals surface area contributed by atoms with Crippen LogP contribution >= 0.6 is 0 Å². The van der Waals surface area contributed by atoms with Crippen LogP contribution in [0.15, 0.2) is 73.3 Å². The minimum Gasteiger partial charge on any atom is -0.493 e. The fourth-order valence-corrected chi connectivity index (χ4v) is 4.15. The molecule has 5 rings (SSSR count). The van der Waals surface area contributed by atoms with Gasteiger partial charge in [-0.1, -0.05) is 12.1 Å². The van der Waals surface area contributed by atoms with Gasteiger partial charge in [0.25, 0.3) is 0 Å². The molecule has 0 fully saturated rings. The van der Waals surface area contributed by atoms with E-state index >= 15 is 0 Å². The Morgan fingerprint density at radius 3 is 2.38 bits per heavy atom. The van der Waals surface area contributed by atoms with Gasteiger partial charge in [0.2, 0.25) is 0 Å². The molecule has 9 nitrogen and oxygen atoms in total. The number of nitrogens with zero attached hydrogens (tertiary/aromatic N) is 4. The third-order valence-corrected chi connectivity index (χ3v) is 6.05. The van der Waals surface area contributed by atoms with E-state index in [1.807, 2.05) is 49.5 Å². The van der Waals surface area contributed by atoms with E-state index in [1.54, 1.807) is 32.9 Å². The van der Waals surface area contributed by atoms with Crippen molar-refractivity contribution in [2.45, 2.75) is 6.92 Å². The van der Waals surface area contributed by atoms with E-state index in [9.17, 15) is 0 Å². The molecule has 0 radical (unpaired) electrons. The van der Waals surface area contributed by atoms with Crippen LogP contribution in [0.25, 0.3) is 22.0 Å².